The van der Waals surface area contributed by atoms with Crippen LogP contribution in [0.2, 0.25) is 0 Å². The highest BCUT2D eigenvalue weighted by Crippen LogP contribution is 2.36. The third-order valence-electron chi connectivity index (χ3n) is 8.15. The van der Waals surface area contributed by atoms with E-state index < -0.39 is 0 Å². The van der Waals surface area contributed by atoms with Crippen molar-refractivity contribution in [1.82, 2.24) is 4.57 Å². The number of benzene rings is 4. The van der Waals surface area contributed by atoms with Gasteiger partial charge in [0.1, 0.15) is 22.2 Å². The van der Waals surface area contributed by atoms with Crippen molar-refractivity contribution in [3.05, 3.63) is 107 Å². The number of hydrogen-bond donors (Lipinski definition) is 0. The van der Waals surface area contributed by atoms with Gasteiger partial charge in [-0.05, 0) is 98.0 Å². The van der Waals surface area contributed by atoms with Gasteiger partial charge in [-0.25, -0.2) is 0 Å². The van der Waals surface area contributed by atoms with Crippen molar-refractivity contribution in [2.45, 2.75) is 26.7 Å². The highest BCUT2D eigenvalue weighted by molar-refractivity contribution is 6.06. The lowest BCUT2D eigenvalue weighted by Gasteiger charge is -2.09. The van der Waals surface area contributed by atoms with Crippen molar-refractivity contribution in [2.75, 3.05) is 0 Å². The molecule has 1 aliphatic rings. The van der Waals surface area contributed by atoms with Gasteiger partial charge in [0, 0.05) is 44.2 Å². The van der Waals surface area contributed by atoms with Gasteiger partial charge in [0.25, 0.3) is 0 Å². The van der Waals surface area contributed by atoms with Crippen molar-refractivity contribution < 1.29 is 8.83 Å². The van der Waals surface area contributed by atoms with Gasteiger partial charge in [-0.2, -0.15) is 0 Å². The molecule has 0 saturated heterocycles. The number of furan rings is 2. The van der Waals surface area contributed by atoms with Crippen LogP contribution in [0, 0.1) is 6.92 Å². The Morgan fingerprint density at radius 1 is 0.692 bits per heavy atom. The van der Waals surface area contributed by atoms with Gasteiger partial charge in [0.05, 0.1) is 5.52 Å². The average molecular weight is 506 g/mol. The summed E-state index contributed by atoms with van der Waals surface area (Å²) in [5.41, 5.74) is 10.7. The lowest BCUT2D eigenvalue weighted by Crippen LogP contribution is -2.21. The number of allylic oxidation sites excluding steroid dienone is 1. The van der Waals surface area contributed by atoms with Crippen LogP contribution in [0.25, 0.3) is 78.9 Å². The fourth-order valence-electron chi connectivity index (χ4n) is 6.26. The van der Waals surface area contributed by atoms with Crippen LogP contribution in [0.1, 0.15) is 31.0 Å². The van der Waals surface area contributed by atoms with Crippen LogP contribution in [-0.4, -0.2) is 4.57 Å². The Labute approximate surface area is 225 Å². The Morgan fingerprint density at radius 2 is 1.38 bits per heavy atom. The van der Waals surface area contributed by atoms with Crippen LogP contribution < -0.4 is 10.6 Å². The maximum absolute atomic E-state index is 6.48. The molecule has 0 unspecified atom stereocenters. The van der Waals surface area contributed by atoms with Crippen LogP contribution in [0.4, 0.5) is 0 Å². The highest BCUT2D eigenvalue weighted by Gasteiger charge is 2.16. The van der Waals surface area contributed by atoms with Gasteiger partial charge in [-0.15, -0.1) is 0 Å². The fourth-order valence-corrected chi connectivity index (χ4v) is 6.26. The van der Waals surface area contributed by atoms with Gasteiger partial charge in [0.2, 0.25) is 0 Å². The smallest absolute Gasteiger partial charge is 0.137 e. The van der Waals surface area contributed by atoms with E-state index in [1.165, 1.54) is 32.8 Å². The monoisotopic (exact) mass is 505 g/mol. The second-order valence-corrected chi connectivity index (χ2v) is 10.4. The quantitative estimate of drug-likeness (QED) is 0.241. The minimum absolute atomic E-state index is 0.891. The molecule has 0 atom stereocenters. The van der Waals surface area contributed by atoms with Crippen LogP contribution in [0.15, 0.2) is 93.8 Å². The zero-order chi connectivity index (χ0) is 26.1. The minimum Gasteiger partial charge on any atom is -0.456 e. The zero-order valence-corrected chi connectivity index (χ0v) is 22.0. The predicted molar refractivity (Wildman–Crippen MR) is 163 cm³/mol. The molecular weight excluding hydrogens is 478 g/mol. The lowest BCUT2D eigenvalue weighted by atomic mass is 10.0. The molecule has 0 radical (unpaired) electrons. The molecule has 7 aromatic rings. The third-order valence-corrected chi connectivity index (χ3v) is 8.15. The molecular formula is C36H27NO2. The molecule has 3 aromatic heterocycles. The van der Waals surface area contributed by atoms with E-state index in [1.54, 1.807) is 0 Å². The summed E-state index contributed by atoms with van der Waals surface area (Å²) in [7, 11) is 0. The van der Waals surface area contributed by atoms with Gasteiger partial charge < -0.3 is 13.4 Å². The molecule has 39 heavy (non-hydrogen) atoms. The normalized spacial score (nSPS) is 13.5. The molecule has 0 saturated carbocycles. The number of fused-ring (bicyclic) bond motifs is 7. The molecule has 3 nitrogen and oxygen atoms in total. The Morgan fingerprint density at radius 3 is 2.21 bits per heavy atom. The van der Waals surface area contributed by atoms with Crippen LogP contribution >= 0.6 is 0 Å². The molecule has 0 N–H and O–H groups in total. The van der Waals surface area contributed by atoms with E-state index in [4.69, 9.17) is 8.83 Å². The first-order valence-electron chi connectivity index (χ1n) is 13.6. The first kappa shape index (κ1) is 22.2. The molecule has 8 rings (SSSR count). The summed E-state index contributed by atoms with van der Waals surface area (Å²) in [6, 6.07) is 28.2. The summed E-state index contributed by atoms with van der Waals surface area (Å²) in [5, 5.41) is 5.94. The van der Waals surface area contributed by atoms with Crippen LogP contribution in [0.3, 0.4) is 0 Å². The van der Waals surface area contributed by atoms with Gasteiger partial charge in [0.15, 0.2) is 0 Å². The number of hydrogen-bond acceptors (Lipinski definition) is 2. The van der Waals surface area contributed by atoms with Gasteiger partial charge >= 0.3 is 0 Å². The SMILES string of the molecule is C/C=C\c1c(C)c2ccccc2n1-c1ccc2c(c1)oc1cc(-c3ccc4c5c(oc4c3)=CCCC=5)ccc12. The zero-order valence-electron chi connectivity index (χ0n) is 22.0. The third kappa shape index (κ3) is 3.29. The van der Waals surface area contributed by atoms with E-state index in [-0.39, 0.29) is 0 Å². The number of rotatable bonds is 3. The van der Waals surface area contributed by atoms with Crippen molar-refractivity contribution >= 4 is 62.0 Å². The molecule has 0 bridgehead atoms. The van der Waals surface area contributed by atoms with E-state index in [0.29, 0.717) is 0 Å². The summed E-state index contributed by atoms with van der Waals surface area (Å²) in [6.07, 6.45) is 10.9. The number of aromatic nitrogens is 1. The second kappa shape index (κ2) is 8.37. The first-order chi connectivity index (χ1) is 19.2. The maximum Gasteiger partial charge on any atom is 0.137 e. The minimum atomic E-state index is 0.891. The van der Waals surface area contributed by atoms with Crippen molar-refractivity contribution in [2.24, 2.45) is 0 Å². The standard InChI is InChI=1S/C36H27NO2/c1-3-8-31-22(2)26-9-4-6-11-32(26)37(31)25-15-18-30-29-17-14-24(20-35(29)39-36(30)21-25)23-13-16-28-27-10-5-7-12-33(27)38-34(28)19-23/h3-4,6,8-21H,5,7H2,1-2H3/b8-3-. The molecule has 188 valence electrons. The number of aryl methyl sites for hydroxylation is 1. The molecule has 4 aromatic carbocycles. The number of para-hydroxylation sites is 1. The summed E-state index contributed by atoms with van der Waals surface area (Å²) in [4.78, 5) is 0. The second-order valence-electron chi connectivity index (χ2n) is 10.4. The number of nitrogens with zero attached hydrogens (tertiary/aromatic N) is 1. The van der Waals surface area contributed by atoms with Gasteiger partial charge in [-0.3, -0.25) is 0 Å². The molecule has 0 fully saturated rings. The molecule has 1 aliphatic carbocycles. The lowest BCUT2D eigenvalue weighted by molar-refractivity contribution is 0.572. The van der Waals surface area contributed by atoms with E-state index in [1.807, 2.05) is 0 Å². The average Bonchev–Trinajstić information content (AvgIpc) is 3.61. The van der Waals surface area contributed by atoms with E-state index in [2.05, 4.69) is 122 Å². The predicted octanol–water partition coefficient (Wildman–Crippen LogP) is 8.64. The van der Waals surface area contributed by atoms with Crippen LogP contribution in [0.5, 0.6) is 0 Å². The van der Waals surface area contributed by atoms with Crippen molar-refractivity contribution in [3.8, 4) is 16.8 Å². The van der Waals surface area contributed by atoms with E-state index in [0.717, 1.165) is 62.6 Å². The fraction of sp³-hybridized carbons (Fsp3) is 0.111. The molecule has 0 amide bonds. The first-order valence-corrected chi connectivity index (χ1v) is 13.6. The summed E-state index contributed by atoms with van der Waals surface area (Å²) < 4.78 is 15.0. The summed E-state index contributed by atoms with van der Waals surface area (Å²) in [6.45, 7) is 4.26. The molecule has 3 heterocycles. The maximum atomic E-state index is 6.48. The molecule has 0 aliphatic heterocycles. The van der Waals surface area contributed by atoms with Crippen molar-refractivity contribution in [3.63, 3.8) is 0 Å². The summed E-state index contributed by atoms with van der Waals surface area (Å²) >= 11 is 0. The topological polar surface area (TPSA) is 31.2 Å². The Hall–Kier alpha value is -4.76. The Kier molecular flexibility index (Phi) is 4.78. The van der Waals surface area contributed by atoms with Gasteiger partial charge in [-0.1, -0.05) is 42.5 Å². The highest BCUT2D eigenvalue weighted by atomic mass is 16.3. The van der Waals surface area contributed by atoms with Crippen molar-refractivity contribution in [1.29, 1.82) is 0 Å². The summed E-state index contributed by atoms with van der Waals surface area (Å²) in [5.74, 6) is 0. The Balaban J connectivity index is 1.27. The molecule has 3 heteroatoms. The largest absolute Gasteiger partial charge is 0.456 e. The van der Waals surface area contributed by atoms with Crippen LogP contribution in [-0.2, 0) is 0 Å². The molecule has 0 spiro atoms. The van der Waals surface area contributed by atoms with E-state index >= 15 is 0 Å². The van der Waals surface area contributed by atoms with E-state index in [9.17, 15) is 0 Å². The Bertz CT molecular complexity index is 2250.